The molecule has 0 unspecified atom stereocenters. The molecule has 130 valence electrons. The second-order valence-corrected chi connectivity index (χ2v) is 7.03. The molecule has 26 heavy (non-hydrogen) atoms. The lowest BCUT2D eigenvalue weighted by molar-refractivity contribution is 0.474. The molecular weight excluding hydrogens is 367 g/mol. The van der Waals surface area contributed by atoms with Gasteiger partial charge in [0.15, 0.2) is 0 Å². The lowest BCUT2D eigenvalue weighted by Gasteiger charge is -2.24. The molecule has 4 rings (SSSR count). The van der Waals surface area contributed by atoms with Crippen LogP contribution in [-0.4, -0.2) is 10.8 Å². The van der Waals surface area contributed by atoms with E-state index in [4.69, 9.17) is 28.3 Å². The molecule has 1 atom stereocenters. The molecule has 0 saturated heterocycles. The van der Waals surface area contributed by atoms with E-state index in [0.29, 0.717) is 22.0 Å². The van der Waals surface area contributed by atoms with Crippen molar-refractivity contribution in [3.63, 3.8) is 0 Å². The van der Waals surface area contributed by atoms with E-state index in [0.717, 1.165) is 17.0 Å². The molecule has 1 heterocycles. The van der Waals surface area contributed by atoms with Crippen molar-refractivity contribution in [1.82, 2.24) is 0 Å². The molecule has 0 spiro atoms. The van der Waals surface area contributed by atoms with Crippen LogP contribution in [0.2, 0.25) is 10.0 Å². The van der Waals surface area contributed by atoms with Crippen LogP contribution in [-0.2, 0) is 0 Å². The van der Waals surface area contributed by atoms with Crippen molar-refractivity contribution in [1.29, 1.82) is 0 Å². The van der Waals surface area contributed by atoms with Gasteiger partial charge in [-0.1, -0.05) is 53.5 Å². The zero-order chi connectivity index (χ0) is 18.1. The van der Waals surface area contributed by atoms with Crippen LogP contribution in [0, 0.1) is 0 Å². The lowest BCUT2D eigenvalue weighted by Crippen LogP contribution is -2.18. The lowest BCUT2D eigenvalue weighted by atomic mass is 9.98. The van der Waals surface area contributed by atoms with Crippen molar-refractivity contribution in [3.8, 4) is 5.75 Å². The number of halogens is 2. The SMILES string of the molecule is Oc1ccc(Cl)cc1C1=NN(c2ccccc2)[C@H](c2ccc(Cl)cc2)C1. The molecule has 0 amide bonds. The fourth-order valence-electron chi connectivity index (χ4n) is 3.18. The Morgan fingerprint density at radius 3 is 2.31 bits per heavy atom. The third-order valence-electron chi connectivity index (χ3n) is 4.46. The highest BCUT2D eigenvalue weighted by Gasteiger charge is 2.30. The Hall–Kier alpha value is -2.49. The van der Waals surface area contributed by atoms with Crippen LogP contribution < -0.4 is 5.01 Å². The molecule has 0 aromatic heterocycles. The van der Waals surface area contributed by atoms with Gasteiger partial charge in [-0.2, -0.15) is 5.10 Å². The van der Waals surface area contributed by atoms with E-state index in [9.17, 15) is 5.11 Å². The van der Waals surface area contributed by atoms with Crippen molar-refractivity contribution < 1.29 is 5.11 Å². The predicted octanol–water partition coefficient (Wildman–Crippen LogP) is 6.05. The summed E-state index contributed by atoms with van der Waals surface area (Å²) in [5.41, 5.74) is 3.56. The number of phenolic OH excluding ortho intramolecular Hbond substituents is 1. The van der Waals surface area contributed by atoms with Crippen molar-refractivity contribution in [2.24, 2.45) is 5.10 Å². The number of nitrogens with zero attached hydrogens (tertiary/aromatic N) is 2. The molecule has 0 saturated carbocycles. The minimum atomic E-state index is 0.0167. The minimum Gasteiger partial charge on any atom is -0.507 e. The zero-order valence-corrected chi connectivity index (χ0v) is 15.3. The number of anilines is 1. The van der Waals surface area contributed by atoms with Crippen molar-refractivity contribution in [2.75, 3.05) is 5.01 Å². The number of hydrogen-bond acceptors (Lipinski definition) is 3. The van der Waals surface area contributed by atoms with E-state index < -0.39 is 0 Å². The Labute approximate surface area is 162 Å². The molecule has 0 fully saturated rings. The number of hydrogen-bond donors (Lipinski definition) is 1. The highest BCUT2D eigenvalue weighted by Crippen LogP contribution is 2.38. The minimum absolute atomic E-state index is 0.0167. The van der Waals surface area contributed by atoms with Gasteiger partial charge in [0.1, 0.15) is 5.75 Å². The highest BCUT2D eigenvalue weighted by atomic mass is 35.5. The summed E-state index contributed by atoms with van der Waals surface area (Å²) in [4.78, 5) is 0. The van der Waals surface area contributed by atoms with Crippen molar-refractivity contribution >= 4 is 34.6 Å². The zero-order valence-electron chi connectivity index (χ0n) is 13.8. The Kier molecular flexibility index (Phi) is 4.58. The summed E-state index contributed by atoms with van der Waals surface area (Å²) >= 11 is 12.2. The van der Waals surface area contributed by atoms with Gasteiger partial charge >= 0.3 is 0 Å². The van der Waals surface area contributed by atoms with Gasteiger partial charge in [-0.15, -0.1) is 0 Å². The second kappa shape index (κ2) is 7.02. The van der Waals surface area contributed by atoms with Gasteiger partial charge < -0.3 is 5.11 Å². The van der Waals surface area contributed by atoms with E-state index in [2.05, 4.69) is 0 Å². The molecule has 1 N–H and O–H groups in total. The fourth-order valence-corrected chi connectivity index (χ4v) is 3.47. The van der Waals surface area contributed by atoms with Gasteiger partial charge in [0, 0.05) is 22.0 Å². The number of phenols is 1. The average Bonchev–Trinajstić information content (AvgIpc) is 3.10. The summed E-state index contributed by atoms with van der Waals surface area (Å²) in [5.74, 6) is 0.179. The largest absolute Gasteiger partial charge is 0.507 e. The first kappa shape index (κ1) is 17.0. The standard InChI is InChI=1S/C21H16Cl2N2O/c22-15-8-6-14(7-9-15)20-13-19(18-12-16(23)10-11-21(18)26)24-25(20)17-4-2-1-3-5-17/h1-12,20,26H,13H2/t20-/m0/s1. The van der Waals surface area contributed by atoms with Crippen LogP contribution in [0.15, 0.2) is 77.9 Å². The highest BCUT2D eigenvalue weighted by molar-refractivity contribution is 6.31. The maximum atomic E-state index is 10.3. The van der Waals surface area contributed by atoms with E-state index in [1.165, 1.54) is 0 Å². The molecule has 3 aromatic carbocycles. The van der Waals surface area contributed by atoms with Crippen LogP contribution >= 0.6 is 23.2 Å². The number of para-hydroxylation sites is 1. The first-order valence-corrected chi connectivity index (χ1v) is 9.03. The summed E-state index contributed by atoms with van der Waals surface area (Å²) in [5, 5.41) is 18.3. The average molecular weight is 383 g/mol. The molecule has 0 bridgehead atoms. The fraction of sp³-hybridized carbons (Fsp3) is 0.0952. The van der Waals surface area contributed by atoms with E-state index in [1.807, 2.05) is 59.6 Å². The van der Waals surface area contributed by atoms with E-state index in [-0.39, 0.29) is 11.8 Å². The number of aromatic hydroxyl groups is 1. The second-order valence-electron chi connectivity index (χ2n) is 6.16. The number of benzene rings is 3. The normalized spacial score (nSPS) is 16.6. The van der Waals surface area contributed by atoms with E-state index in [1.54, 1.807) is 18.2 Å². The third-order valence-corrected chi connectivity index (χ3v) is 4.94. The smallest absolute Gasteiger partial charge is 0.124 e. The number of hydrazone groups is 1. The van der Waals surface area contributed by atoms with Gasteiger partial charge in [-0.3, -0.25) is 5.01 Å². The predicted molar refractivity (Wildman–Crippen MR) is 107 cm³/mol. The van der Waals surface area contributed by atoms with Gasteiger partial charge in [0.05, 0.1) is 17.4 Å². The Balaban J connectivity index is 1.78. The van der Waals surface area contributed by atoms with Crippen molar-refractivity contribution in [3.05, 3.63) is 94.0 Å². The van der Waals surface area contributed by atoms with Crippen LogP contribution in [0.4, 0.5) is 5.69 Å². The van der Waals surface area contributed by atoms with Gasteiger partial charge in [-0.25, -0.2) is 0 Å². The summed E-state index contributed by atoms with van der Waals surface area (Å²) in [6.07, 6.45) is 0.657. The van der Waals surface area contributed by atoms with Gasteiger partial charge in [0.25, 0.3) is 0 Å². The first-order chi connectivity index (χ1) is 12.6. The molecule has 0 radical (unpaired) electrons. The maximum absolute atomic E-state index is 10.3. The summed E-state index contributed by atoms with van der Waals surface area (Å²) in [6.45, 7) is 0. The summed E-state index contributed by atoms with van der Waals surface area (Å²) in [6, 6.07) is 22.8. The molecule has 1 aliphatic rings. The maximum Gasteiger partial charge on any atom is 0.124 e. The molecule has 1 aliphatic heterocycles. The third kappa shape index (κ3) is 3.28. The van der Waals surface area contributed by atoms with E-state index >= 15 is 0 Å². The molecule has 3 aromatic rings. The molecular formula is C21H16Cl2N2O. The van der Waals surface area contributed by atoms with Crippen LogP contribution in [0.1, 0.15) is 23.6 Å². The monoisotopic (exact) mass is 382 g/mol. The van der Waals surface area contributed by atoms with Crippen LogP contribution in [0.3, 0.4) is 0 Å². The van der Waals surface area contributed by atoms with Gasteiger partial charge in [-0.05, 0) is 48.0 Å². The van der Waals surface area contributed by atoms with Crippen LogP contribution in [0.25, 0.3) is 0 Å². The Morgan fingerprint density at radius 2 is 1.58 bits per heavy atom. The van der Waals surface area contributed by atoms with Crippen molar-refractivity contribution in [2.45, 2.75) is 12.5 Å². The Morgan fingerprint density at radius 1 is 0.885 bits per heavy atom. The van der Waals surface area contributed by atoms with Gasteiger partial charge in [0.2, 0.25) is 0 Å². The first-order valence-electron chi connectivity index (χ1n) is 8.28. The molecule has 3 nitrogen and oxygen atoms in total. The number of rotatable bonds is 3. The quantitative estimate of drug-likeness (QED) is 0.597. The Bertz CT molecular complexity index is 956. The topological polar surface area (TPSA) is 35.8 Å². The molecule has 0 aliphatic carbocycles. The van der Waals surface area contributed by atoms with Crippen LogP contribution in [0.5, 0.6) is 5.75 Å². The molecule has 5 heteroatoms. The summed E-state index contributed by atoms with van der Waals surface area (Å²) in [7, 11) is 0. The summed E-state index contributed by atoms with van der Waals surface area (Å²) < 4.78 is 0.